The van der Waals surface area contributed by atoms with Gasteiger partial charge in [0.2, 0.25) is 5.91 Å². The first-order valence-electron chi connectivity index (χ1n) is 6.12. The molecule has 2 N–H and O–H groups in total. The Morgan fingerprint density at radius 3 is 3.06 bits per heavy atom. The molecule has 2 aromatic rings. The number of aromatic nitrogens is 1. The van der Waals surface area contributed by atoms with Crippen LogP contribution >= 0.6 is 0 Å². The van der Waals surface area contributed by atoms with E-state index in [1.54, 1.807) is 6.92 Å². The number of hydrogen-bond donors (Lipinski definition) is 2. The average molecular weight is 228 g/mol. The zero-order valence-corrected chi connectivity index (χ0v) is 9.92. The number of aryl methyl sites for hydroxylation is 1. The third-order valence-corrected chi connectivity index (χ3v) is 3.49. The monoisotopic (exact) mass is 228 g/mol. The van der Waals surface area contributed by atoms with Gasteiger partial charge in [-0.15, -0.1) is 0 Å². The maximum atomic E-state index is 11.2. The van der Waals surface area contributed by atoms with Crippen molar-refractivity contribution in [3.63, 3.8) is 0 Å². The van der Waals surface area contributed by atoms with Crippen molar-refractivity contribution in [3.05, 3.63) is 35.5 Å². The molecule has 1 heterocycles. The van der Waals surface area contributed by atoms with Crippen molar-refractivity contribution in [3.8, 4) is 0 Å². The molecule has 0 bridgehead atoms. The molecule has 0 fully saturated rings. The van der Waals surface area contributed by atoms with Crippen LogP contribution in [0.5, 0.6) is 0 Å². The molecule has 1 aromatic heterocycles. The van der Waals surface area contributed by atoms with Gasteiger partial charge >= 0.3 is 0 Å². The van der Waals surface area contributed by atoms with Gasteiger partial charge in [-0.05, 0) is 30.9 Å². The number of fused-ring (bicyclic) bond motifs is 3. The van der Waals surface area contributed by atoms with Crippen molar-refractivity contribution in [1.82, 2.24) is 10.3 Å². The highest BCUT2D eigenvalue weighted by Gasteiger charge is 2.24. The largest absolute Gasteiger partial charge is 0.356 e. The van der Waals surface area contributed by atoms with Crippen molar-refractivity contribution < 1.29 is 4.79 Å². The normalized spacial score (nSPS) is 19.0. The summed E-state index contributed by atoms with van der Waals surface area (Å²) in [7, 11) is 0. The van der Waals surface area contributed by atoms with Gasteiger partial charge < -0.3 is 10.3 Å². The summed E-state index contributed by atoms with van der Waals surface area (Å²) in [5.74, 6) is 0.0431. The highest BCUT2D eigenvalue weighted by molar-refractivity contribution is 5.85. The molecule has 1 aromatic carbocycles. The molecule has 0 unspecified atom stereocenters. The molecule has 0 aliphatic heterocycles. The number of H-pyrrole nitrogens is 1. The molecule has 0 radical (unpaired) electrons. The summed E-state index contributed by atoms with van der Waals surface area (Å²) in [5, 5.41) is 4.33. The van der Waals surface area contributed by atoms with Crippen LogP contribution in [0.1, 0.15) is 37.1 Å². The Balaban J connectivity index is 2.10. The quantitative estimate of drug-likeness (QED) is 0.774. The molecule has 1 atom stereocenters. The lowest BCUT2D eigenvalue weighted by molar-refractivity contribution is -0.119. The van der Waals surface area contributed by atoms with E-state index in [-0.39, 0.29) is 11.9 Å². The van der Waals surface area contributed by atoms with E-state index in [0.717, 1.165) is 19.3 Å². The van der Waals surface area contributed by atoms with E-state index in [9.17, 15) is 4.79 Å². The number of amides is 1. The van der Waals surface area contributed by atoms with E-state index in [1.165, 1.54) is 22.2 Å². The zero-order chi connectivity index (χ0) is 11.8. The summed E-state index contributed by atoms with van der Waals surface area (Å²) in [5.41, 5.74) is 3.76. The molecule has 0 spiro atoms. The van der Waals surface area contributed by atoms with Crippen LogP contribution in [0.25, 0.3) is 10.9 Å². The molecule has 1 amide bonds. The number of benzene rings is 1. The predicted molar refractivity (Wildman–Crippen MR) is 67.8 cm³/mol. The van der Waals surface area contributed by atoms with Gasteiger partial charge in [0.15, 0.2) is 0 Å². The molecule has 3 heteroatoms. The van der Waals surface area contributed by atoms with Crippen LogP contribution in [-0.4, -0.2) is 10.9 Å². The van der Waals surface area contributed by atoms with E-state index in [4.69, 9.17) is 0 Å². The first-order valence-corrected chi connectivity index (χ1v) is 6.12. The Labute approximate surface area is 100 Å². The smallest absolute Gasteiger partial charge is 0.217 e. The van der Waals surface area contributed by atoms with Gasteiger partial charge in [0.25, 0.3) is 0 Å². The minimum atomic E-state index is 0.0431. The molecule has 1 aliphatic rings. The summed E-state index contributed by atoms with van der Waals surface area (Å²) in [6.45, 7) is 1.58. The fourth-order valence-electron chi connectivity index (χ4n) is 2.80. The highest BCUT2D eigenvalue weighted by atomic mass is 16.1. The zero-order valence-electron chi connectivity index (χ0n) is 9.92. The van der Waals surface area contributed by atoms with Crippen LogP contribution in [0.15, 0.2) is 24.3 Å². The summed E-state index contributed by atoms with van der Waals surface area (Å²) in [4.78, 5) is 14.7. The van der Waals surface area contributed by atoms with Gasteiger partial charge in [-0.25, -0.2) is 0 Å². The number of nitrogens with one attached hydrogen (secondary N) is 2. The van der Waals surface area contributed by atoms with Gasteiger partial charge in [-0.3, -0.25) is 4.79 Å². The van der Waals surface area contributed by atoms with Gasteiger partial charge in [0.1, 0.15) is 0 Å². The van der Waals surface area contributed by atoms with Crippen molar-refractivity contribution >= 4 is 16.8 Å². The Morgan fingerprint density at radius 2 is 2.24 bits per heavy atom. The Morgan fingerprint density at radius 1 is 1.41 bits per heavy atom. The summed E-state index contributed by atoms with van der Waals surface area (Å²) >= 11 is 0. The molecule has 17 heavy (non-hydrogen) atoms. The van der Waals surface area contributed by atoms with Gasteiger partial charge in [0.05, 0.1) is 6.04 Å². The minimum Gasteiger partial charge on any atom is -0.356 e. The Bertz CT molecular complexity index is 571. The van der Waals surface area contributed by atoms with E-state index in [0.29, 0.717) is 0 Å². The second-order valence-electron chi connectivity index (χ2n) is 4.71. The average Bonchev–Trinajstić information content (AvgIpc) is 2.68. The fraction of sp³-hybridized carbons (Fsp3) is 0.357. The molecule has 1 aliphatic carbocycles. The lowest BCUT2D eigenvalue weighted by atomic mass is 9.92. The number of aromatic amines is 1. The molecule has 3 nitrogen and oxygen atoms in total. The SMILES string of the molecule is CC(=O)N[C@H]1CCCc2c1[nH]c1ccccc21. The van der Waals surface area contributed by atoms with Crippen molar-refractivity contribution in [2.75, 3.05) is 0 Å². The van der Waals surface area contributed by atoms with Gasteiger partial charge in [-0.1, -0.05) is 18.2 Å². The van der Waals surface area contributed by atoms with Crippen LogP contribution in [0.2, 0.25) is 0 Å². The molecule has 0 saturated carbocycles. The van der Waals surface area contributed by atoms with E-state index < -0.39 is 0 Å². The Kier molecular flexibility index (Phi) is 2.39. The van der Waals surface area contributed by atoms with Crippen LogP contribution in [-0.2, 0) is 11.2 Å². The molecular weight excluding hydrogens is 212 g/mol. The van der Waals surface area contributed by atoms with Crippen LogP contribution in [0, 0.1) is 0 Å². The molecule has 88 valence electrons. The second kappa shape index (κ2) is 3.91. The number of hydrogen-bond acceptors (Lipinski definition) is 1. The van der Waals surface area contributed by atoms with Crippen molar-refractivity contribution in [2.45, 2.75) is 32.2 Å². The predicted octanol–water partition coefficient (Wildman–Crippen LogP) is 2.68. The maximum Gasteiger partial charge on any atom is 0.217 e. The maximum absolute atomic E-state index is 11.2. The molecular formula is C14H16N2O. The summed E-state index contributed by atoms with van der Waals surface area (Å²) < 4.78 is 0. The van der Waals surface area contributed by atoms with Gasteiger partial charge in [-0.2, -0.15) is 0 Å². The third kappa shape index (κ3) is 1.71. The van der Waals surface area contributed by atoms with Crippen LogP contribution < -0.4 is 5.32 Å². The highest BCUT2D eigenvalue weighted by Crippen LogP contribution is 2.34. The fourth-order valence-corrected chi connectivity index (χ4v) is 2.80. The number of carbonyl (C=O) groups is 1. The lowest BCUT2D eigenvalue weighted by Gasteiger charge is -2.23. The Hall–Kier alpha value is -1.77. The number of rotatable bonds is 1. The van der Waals surface area contributed by atoms with E-state index in [2.05, 4.69) is 28.5 Å². The summed E-state index contributed by atoms with van der Waals surface area (Å²) in [6, 6.07) is 8.51. The van der Waals surface area contributed by atoms with Crippen molar-refractivity contribution in [2.24, 2.45) is 0 Å². The van der Waals surface area contributed by atoms with Gasteiger partial charge in [0, 0.05) is 23.5 Å². The van der Waals surface area contributed by atoms with Crippen molar-refractivity contribution in [1.29, 1.82) is 0 Å². The topological polar surface area (TPSA) is 44.9 Å². The third-order valence-electron chi connectivity index (χ3n) is 3.49. The second-order valence-corrected chi connectivity index (χ2v) is 4.71. The standard InChI is InChI=1S/C14H16N2O/c1-9(17)15-13-8-4-6-11-10-5-2-3-7-12(10)16-14(11)13/h2-3,5,7,13,16H,4,6,8H2,1H3,(H,15,17)/t13-/m0/s1. The first-order chi connectivity index (χ1) is 8.25. The lowest BCUT2D eigenvalue weighted by Crippen LogP contribution is -2.28. The molecule has 0 saturated heterocycles. The first kappa shape index (κ1) is 10.4. The molecule has 3 rings (SSSR count). The number of para-hydroxylation sites is 1. The summed E-state index contributed by atoms with van der Waals surface area (Å²) in [6.07, 6.45) is 3.27. The number of carbonyl (C=O) groups excluding carboxylic acids is 1. The van der Waals surface area contributed by atoms with E-state index >= 15 is 0 Å². The van der Waals surface area contributed by atoms with E-state index in [1.807, 2.05) is 6.07 Å². The van der Waals surface area contributed by atoms with Crippen LogP contribution in [0.4, 0.5) is 0 Å². The minimum absolute atomic E-state index is 0.0431. The van der Waals surface area contributed by atoms with Crippen LogP contribution in [0.3, 0.4) is 0 Å².